The summed E-state index contributed by atoms with van der Waals surface area (Å²) < 4.78 is 24.2. The zero-order valence-electron chi connectivity index (χ0n) is 33.6. The number of rotatable bonds is 3. The number of nitrogens with zero attached hydrogens (tertiary/aromatic N) is 2. The Labute approximate surface area is 357 Å². The number of aromatic nitrogens is 2. The van der Waals surface area contributed by atoms with Crippen molar-refractivity contribution in [3.8, 4) is 22.5 Å². The predicted molar refractivity (Wildman–Crippen MR) is 260 cm³/mol. The molecule has 0 N–H and O–H groups in total. The molecular formula is C58H32N2O3. The van der Waals surface area contributed by atoms with E-state index >= 15 is 0 Å². The molecule has 0 aliphatic carbocycles. The first-order valence-electron chi connectivity index (χ1n) is 21.4. The van der Waals surface area contributed by atoms with Crippen LogP contribution in [0.4, 0.5) is 0 Å². The Kier molecular flexibility index (Phi) is 6.36. The number of benzene rings is 10. The minimum Gasteiger partial charge on any atom is -0.456 e. The van der Waals surface area contributed by atoms with Crippen LogP contribution in [0, 0.1) is 0 Å². The topological polar surface area (TPSA) is 49.3 Å². The molecule has 5 aromatic heterocycles. The minimum absolute atomic E-state index is 0.833. The standard InChI is InChI=1S/C58H32N2O3/c1-2-10-34-27-52-43(25-33(34)9-1)44-29-37(59-49-14-6-3-11-39(49)40-12-4-7-15-50(40)59)19-22-51(44)60(52)38-20-24-55-46(30-38)48-32-57-47(31-58(48)62-55)42-21-17-36(28-56(42)63-57)35-18-23-54-45(26-35)41-13-5-8-16-53(41)61-54/h1-32H. The number of hydrogen-bond acceptors (Lipinski definition) is 3. The van der Waals surface area contributed by atoms with Crippen LogP contribution >= 0.6 is 0 Å². The van der Waals surface area contributed by atoms with Crippen molar-refractivity contribution in [1.29, 1.82) is 0 Å². The maximum absolute atomic E-state index is 6.67. The molecule has 5 heteroatoms. The monoisotopic (exact) mass is 804 g/mol. The summed E-state index contributed by atoms with van der Waals surface area (Å²) in [7, 11) is 0. The lowest BCUT2D eigenvalue weighted by Gasteiger charge is -2.10. The maximum atomic E-state index is 6.67. The lowest BCUT2D eigenvalue weighted by molar-refractivity contribution is 0.664. The molecule has 15 rings (SSSR count). The molecule has 0 atom stereocenters. The van der Waals surface area contributed by atoms with Crippen molar-refractivity contribution in [3.05, 3.63) is 194 Å². The Morgan fingerprint density at radius 1 is 0.238 bits per heavy atom. The van der Waals surface area contributed by atoms with Gasteiger partial charge in [0.15, 0.2) is 0 Å². The highest BCUT2D eigenvalue weighted by molar-refractivity contribution is 6.18. The molecule has 5 heterocycles. The van der Waals surface area contributed by atoms with E-state index in [0.717, 1.165) is 99.4 Å². The summed E-state index contributed by atoms with van der Waals surface area (Å²) in [4.78, 5) is 0. The molecule has 0 spiro atoms. The van der Waals surface area contributed by atoms with Crippen molar-refractivity contribution >= 4 is 120 Å². The second kappa shape index (κ2) is 12.1. The highest BCUT2D eigenvalue weighted by Crippen LogP contribution is 2.42. The third-order valence-corrected chi connectivity index (χ3v) is 13.5. The van der Waals surface area contributed by atoms with Crippen molar-refractivity contribution in [2.45, 2.75) is 0 Å². The van der Waals surface area contributed by atoms with Crippen molar-refractivity contribution in [2.75, 3.05) is 0 Å². The lowest BCUT2D eigenvalue weighted by atomic mass is 10.0. The first-order chi connectivity index (χ1) is 31.2. The Morgan fingerprint density at radius 3 is 1.49 bits per heavy atom. The van der Waals surface area contributed by atoms with Gasteiger partial charge in [0.2, 0.25) is 0 Å². The molecule has 0 unspecified atom stereocenters. The molecule has 63 heavy (non-hydrogen) atoms. The molecule has 5 nitrogen and oxygen atoms in total. The smallest absolute Gasteiger partial charge is 0.136 e. The lowest BCUT2D eigenvalue weighted by Crippen LogP contribution is -1.95. The van der Waals surface area contributed by atoms with Crippen molar-refractivity contribution in [2.24, 2.45) is 0 Å². The van der Waals surface area contributed by atoms with Crippen LogP contribution in [0.1, 0.15) is 0 Å². The number of furan rings is 3. The van der Waals surface area contributed by atoms with E-state index in [9.17, 15) is 0 Å². The molecule has 292 valence electrons. The van der Waals surface area contributed by atoms with Crippen LogP contribution in [0.15, 0.2) is 207 Å². The summed E-state index contributed by atoms with van der Waals surface area (Å²) in [6, 6.07) is 69.6. The van der Waals surface area contributed by atoms with Gasteiger partial charge in [0.1, 0.15) is 33.5 Å². The summed E-state index contributed by atoms with van der Waals surface area (Å²) in [5.41, 5.74) is 14.3. The molecule has 0 radical (unpaired) electrons. The maximum Gasteiger partial charge on any atom is 0.136 e. The summed E-state index contributed by atoms with van der Waals surface area (Å²) in [6.07, 6.45) is 0. The molecule has 10 aromatic carbocycles. The minimum atomic E-state index is 0.833. The Balaban J connectivity index is 0.903. The van der Waals surface area contributed by atoms with E-state index in [0.29, 0.717) is 0 Å². The highest BCUT2D eigenvalue weighted by Gasteiger charge is 2.20. The van der Waals surface area contributed by atoms with Crippen LogP contribution in [-0.2, 0) is 0 Å². The van der Waals surface area contributed by atoms with Crippen LogP contribution in [0.2, 0.25) is 0 Å². The molecule has 15 aromatic rings. The Morgan fingerprint density at radius 2 is 0.698 bits per heavy atom. The van der Waals surface area contributed by atoms with Crippen molar-refractivity contribution in [3.63, 3.8) is 0 Å². The third-order valence-electron chi connectivity index (χ3n) is 13.5. The van der Waals surface area contributed by atoms with Crippen LogP contribution in [0.25, 0.3) is 143 Å². The average Bonchev–Trinajstić information content (AvgIpc) is 4.14. The average molecular weight is 805 g/mol. The molecular weight excluding hydrogens is 773 g/mol. The van der Waals surface area contributed by atoms with Gasteiger partial charge in [0.05, 0.1) is 22.1 Å². The summed E-state index contributed by atoms with van der Waals surface area (Å²) in [6.45, 7) is 0. The van der Waals surface area contributed by atoms with Crippen molar-refractivity contribution in [1.82, 2.24) is 9.13 Å². The van der Waals surface area contributed by atoms with E-state index in [1.807, 2.05) is 12.1 Å². The summed E-state index contributed by atoms with van der Waals surface area (Å²) >= 11 is 0. The third kappa shape index (κ3) is 4.60. The first-order valence-corrected chi connectivity index (χ1v) is 21.4. The second-order valence-electron chi connectivity index (χ2n) is 16.9. The fourth-order valence-electron chi connectivity index (χ4n) is 10.6. The van der Waals surface area contributed by atoms with Gasteiger partial charge < -0.3 is 22.4 Å². The van der Waals surface area contributed by atoms with E-state index in [1.54, 1.807) is 0 Å². The van der Waals surface area contributed by atoms with Crippen LogP contribution in [-0.4, -0.2) is 9.13 Å². The van der Waals surface area contributed by atoms with Gasteiger partial charge in [-0.2, -0.15) is 0 Å². The number of fused-ring (bicyclic) bond motifs is 16. The number of para-hydroxylation sites is 3. The van der Waals surface area contributed by atoms with Crippen LogP contribution in [0.3, 0.4) is 0 Å². The highest BCUT2D eigenvalue weighted by atomic mass is 16.3. The predicted octanol–water partition coefficient (Wildman–Crippen LogP) is 16.4. The van der Waals surface area contributed by atoms with Gasteiger partial charge in [0, 0.05) is 65.2 Å². The van der Waals surface area contributed by atoms with E-state index < -0.39 is 0 Å². The zero-order valence-corrected chi connectivity index (χ0v) is 33.6. The van der Waals surface area contributed by atoms with E-state index in [2.05, 4.69) is 191 Å². The normalized spacial score (nSPS) is 12.4. The van der Waals surface area contributed by atoms with Gasteiger partial charge in [-0.05, 0) is 125 Å². The number of hydrogen-bond donors (Lipinski definition) is 0. The van der Waals surface area contributed by atoms with Gasteiger partial charge in [0.25, 0.3) is 0 Å². The fraction of sp³-hybridized carbons (Fsp3) is 0. The van der Waals surface area contributed by atoms with Crippen molar-refractivity contribution < 1.29 is 13.3 Å². The molecule has 0 bridgehead atoms. The zero-order chi connectivity index (χ0) is 40.9. The van der Waals surface area contributed by atoms with Crippen LogP contribution in [0.5, 0.6) is 0 Å². The first kappa shape index (κ1) is 33.2. The quantitative estimate of drug-likeness (QED) is 0.179. The largest absolute Gasteiger partial charge is 0.456 e. The molecule has 0 fully saturated rings. The Bertz CT molecular complexity index is 4400. The molecule has 0 amide bonds. The fourth-order valence-corrected chi connectivity index (χ4v) is 10.6. The van der Waals surface area contributed by atoms with Gasteiger partial charge in [-0.15, -0.1) is 0 Å². The van der Waals surface area contributed by atoms with Gasteiger partial charge in [-0.3, -0.25) is 0 Å². The van der Waals surface area contributed by atoms with Crippen LogP contribution < -0.4 is 0 Å². The van der Waals surface area contributed by atoms with E-state index in [4.69, 9.17) is 13.3 Å². The molecule has 0 saturated heterocycles. The molecule has 0 saturated carbocycles. The summed E-state index contributed by atoms with van der Waals surface area (Å²) in [5.74, 6) is 0. The van der Waals surface area contributed by atoms with E-state index in [1.165, 1.54) is 43.4 Å². The van der Waals surface area contributed by atoms with Gasteiger partial charge in [-0.1, -0.05) is 91.0 Å². The summed E-state index contributed by atoms with van der Waals surface area (Å²) in [5, 5.41) is 13.7. The van der Waals surface area contributed by atoms with Gasteiger partial charge in [-0.25, -0.2) is 0 Å². The van der Waals surface area contributed by atoms with E-state index in [-0.39, 0.29) is 0 Å². The second-order valence-corrected chi connectivity index (χ2v) is 16.9. The van der Waals surface area contributed by atoms with Gasteiger partial charge >= 0.3 is 0 Å². The Hall–Kier alpha value is -8.54. The molecule has 0 aliphatic heterocycles. The SMILES string of the molecule is c1ccc2cc3c(cc2c1)c1cc(-n2c4ccccc4c4ccccc42)ccc1n3-c1ccc2oc3cc4c(cc3c2c1)oc1cc(-c2ccc3oc5ccccc5c3c2)ccc14. The molecule has 0 aliphatic rings.